The Labute approximate surface area is 94.1 Å². The molecule has 0 aliphatic rings. The molecule has 1 rings (SSSR count). The minimum absolute atomic E-state index is 0.0781. The van der Waals surface area contributed by atoms with Crippen LogP contribution in [0.2, 0.25) is 5.02 Å². The van der Waals surface area contributed by atoms with Crippen LogP contribution >= 0.6 is 11.6 Å². The highest BCUT2D eigenvalue weighted by Crippen LogP contribution is 2.14. The molecule has 1 aromatic rings. The van der Waals surface area contributed by atoms with Gasteiger partial charge in [0.05, 0.1) is 6.61 Å². The van der Waals surface area contributed by atoms with Crippen LogP contribution in [0.1, 0.15) is 22.8 Å². The summed E-state index contributed by atoms with van der Waals surface area (Å²) in [6.45, 7) is 3.53. The zero-order valence-corrected chi connectivity index (χ0v) is 9.51. The highest BCUT2D eigenvalue weighted by atomic mass is 35.5. The molecule has 0 saturated heterocycles. The fraction of sp³-hybridized carbons (Fsp3) is 0.364. The van der Waals surface area contributed by atoms with E-state index >= 15 is 0 Å². The van der Waals surface area contributed by atoms with E-state index in [4.69, 9.17) is 16.7 Å². The summed E-state index contributed by atoms with van der Waals surface area (Å²) in [5.41, 5.74) is 1.45. The Balaban J connectivity index is 2.82. The summed E-state index contributed by atoms with van der Waals surface area (Å²) in [6.07, 6.45) is 0. The average molecular weight is 228 g/mol. The van der Waals surface area contributed by atoms with E-state index in [2.05, 4.69) is 5.32 Å². The highest BCUT2D eigenvalue weighted by molar-refractivity contribution is 6.31. The lowest BCUT2D eigenvalue weighted by atomic mass is 10.1. The number of rotatable bonds is 3. The van der Waals surface area contributed by atoms with Crippen molar-refractivity contribution < 1.29 is 9.90 Å². The number of hydrogen-bond acceptors (Lipinski definition) is 2. The number of aryl methyl sites for hydroxylation is 1. The maximum atomic E-state index is 11.6. The quantitative estimate of drug-likeness (QED) is 0.827. The largest absolute Gasteiger partial charge is 0.394 e. The number of benzene rings is 1. The summed E-state index contributed by atoms with van der Waals surface area (Å²) < 4.78 is 0. The number of aliphatic hydroxyl groups excluding tert-OH is 1. The molecule has 1 unspecified atom stereocenters. The van der Waals surface area contributed by atoms with Crippen molar-refractivity contribution in [1.82, 2.24) is 5.32 Å². The molecule has 0 fully saturated rings. The molecule has 3 nitrogen and oxygen atoms in total. The number of aliphatic hydroxyl groups is 1. The Kier molecular flexibility index (Phi) is 4.12. The van der Waals surface area contributed by atoms with Crippen molar-refractivity contribution in [3.05, 3.63) is 34.3 Å². The first-order valence-corrected chi connectivity index (χ1v) is 5.09. The van der Waals surface area contributed by atoms with Gasteiger partial charge in [0.2, 0.25) is 0 Å². The van der Waals surface area contributed by atoms with Crippen molar-refractivity contribution >= 4 is 17.5 Å². The molecule has 0 aliphatic heterocycles. The molecule has 0 bridgehead atoms. The van der Waals surface area contributed by atoms with Crippen LogP contribution in [-0.2, 0) is 0 Å². The van der Waals surface area contributed by atoms with Gasteiger partial charge in [-0.3, -0.25) is 4.79 Å². The van der Waals surface area contributed by atoms with Crippen LogP contribution in [0, 0.1) is 6.92 Å². The number of hydrogen-bond donors (Lipinski definition) is 2. The Morgan fingerprint density at radius 1 is 1.53 bits per heavy atom. The van der Waals surface area contributed by atoms with E-state index in [0.29, 0.717) is 10.6 Å². The maximum absolute atomic E-state index is 11.6. The molecule has 15 heavy (non-hydrogen) atoms. The summed E-state index contributed by atoms with van der Waals surface area (Å²) in [4.78, 5) is 11.6. The molecule has 1 amide bonds. The van der Waals surface area contributed by atoms with Crippen LogP contribution in [-0.4, -0.2) is 23.7 Å². The van der Waals surface area contributed by atoms with Gasteiger partial charge in [0.25, 0.3) is 5.91 Å². The van der Waals surface area contributed by atoms with Gasteiger partial charge >= 0.3 is 0 Å². The Bertz CT molecular complexity index is 345. The van der Waals surface area contributed by atoms with E-state index in [0.717, 1.165) is 5.56 Å². The topological polar surface area (TPSA) is 49.3 Å². The third-order valence-electron chi connectivity index (χ3n) is 1.96. The second kappa shape index (κ2) is 5.14. The van der Waals surface area contributed by atoms with Gasteiger partial charge in [0.15, 0.2) is 0 Å². The summed E-state index contributed by atoms with van der Waals surface area (Å²) in [7, 11) is 0. The molecule has 0 heterocycles. The molecule has 0 aromatic heterocycles. The Morgan fingerprint density at radius 3 is 2.73 bits per heavy atom. The first-order chi connectivity index (χ1) is 7.02. The van der Waals surface area contributed by atoms with Gasteiger partial charge in [-0.2, -0.15) is 0 Å². The summed E-state index contributed by atoms with van der Waals surface area (Å²) in [5.74, 6) is -0.220. The van der Waals surface area contributed by atoms with Gasteiger partial charge in [-0.25, -0.2) is 0 Å². The van der Waals surface area contributed by atoms with Crippen LogP contribution in [0.15, 0.2) is 18.2 Å². The standard InChI is InChI=1S/C11H14ClNO2/c1-7-3-9(5-10(12)4-7)11(15)13-8(2)6-14/h3-5,8,14H,6H2,1-2H3,(H,13,15). The van der Waals surface area contributed by atoms with E-state index in [-0.39, 0.29) is 18.6 Å². The van der Waals surface area contributed by atoms with Crippen LogP contribution in [0.5, 0.6) is 0 Å². The average Bonchev–Trinajstić information content (AvgIpc) is 2.16. The molecule has 0 radical (unpaired) electrons. The predicted molar refractivity (Wildman–Crippen MR) is 60.2 cm³/mol. The normalized spacial score (nSPS) is 12.3. The summed E-state index contributed by atoms with van der Waals surface area (Å²) in [6, 6.07) is 4.89. The number of nitrogens with one attached hydrogen (secondary N) is 1. The molecule has 0 aliphatic carbocycles. The first-order valence-electron chi connectivity index (χ1n) is 4.72. The van der Waals surface area contributed by atoms with Crippen LogP contribution in [0.3, 0.4) is 0 Å². The highest BCUT2D eigenvalue weighted by Gasteiger charge is 2.09. The minimum atomic E-state index is -0.253. The van der Waals surface area contributed by atoms with Gasteiger partial charge in [-0.05, 0) is 37.6 Å². The van der Waals surface area contributed by atoms with Crippen molar-refractivity contribution in [3.8, 4) is 0 Å². The van der Waals surface area contributed by atoms with Gasteiger partial charge in [0.1, 0.15) is 0 Å². The van der Waals surface area contributed by atoms with Crippen molar-refractivity contribution in [2.24, 2.45) is 0 Å². The SMILES string of the molecule is Cc1cc(Cl)cc(C(=O)NC(C)CO)c1. The summed E-state index contributed by atoms with van der Waals surface area (Å²) in [5, 5.41) is 12.0. The molecule has 0 spiro atoms. The van der Waals surface area contributed by atoms with Crippen molar-refractivity contribution in [1.29, 1.82) is 0 Å². The van der Waals surface area contributed by atoms with Crippen LogP contribution in [0.25, 0.3) is 0 Å². The smallest absolute Gasteiger partial charge is 0.251 e. The van der Waals surface area contributed by atoms with Gasteiger partial charge in [0, 0.05) is 16.6 Å². The van der Waals surface area contributed by atoms with Gasteiger partial charge in [-0.15, -0.1) is 0 Å². The molecule has 1 atom stereocenters. The fourth-order valence-corrected chi connectivity index (χ4v) is 1.51. The number of carbonyl (C=O) groups excluding carboxylic acids is 1. The number of carbonyl (C=O) groups is 1. The molecular formula is C11H14ClNO2. The summed E-state index contributed by atoms with van der Waals surface area (Å²) >= 11 is 5.84. The van der Waals surface area contributed by atoms with Crippen molar-refractivity contribution in [2.45, 2.75) is 19.9 Å². The van der Waals surface area contributed by atoms with Gasteiger partial charge in [-0.1, -0.05) is 11.6 Å². The molecule has 2 N–H and O–H groups in total. The van der Waals surface area contributed by atoms with E-state index in [1.165, 1.54) is 0 Å². The molecule has 82 valence electrons. The number of halogens is 1. The van der Waals surface area contributed by atoms with E-state index in [1.54, 1.807) is 25.1 Å². The lowest BCUT2D eigenvalue weighted by Crippen LogP contribution is -2.35. The Hall–Kier alpha value is -1.06. The molecule has 0 saturated carbocycles. The Morgan fingerprint density at radius 2 is 2.20 bits per heavy atom. The van der Waals surface area contributed by atoms with E-state index in [9.17, 15) is 4.79 Å². The first kappa shape index (κ1) is 12.0. The molecule has 4 heteroatoms. The van der Waals surface area contributed by atoms with Gasteiger partial charge < -0.3 is 10.4 Å². The molecule has 1 aromatic carbocycles. The second-order valence-corrected chi connectivity index (χ2v) is 4.01. The lowest BCUT2D eigenvalue weighted by Gasteiger charge is -2.11. The van der Waals surface area contributed by atoms with Crippen molar-refractivity contribution in [3.63, 3.8) is 0 Å². The van der Waals surface area contributed by atoms with Crippen LogP contribution < -0.4 is 5.32 Å². The molecular weight excluding hydrogens is 214 g/mol. The predicted octanol–water partition coefficient (Wildman–Crippen LogP) is 1.76. The van der Waals surface area contributed by atoms with E-state index in [1.807, 2.05) is 6.92 Å². The number of amides is 1. The van der Waals surface area contributed by atoms with E-state index < -0.39 is 0 Å². The zero-order valence-electron chi connectivity index (χ0n) is 8.75. The third-order valence-corrected chi connectivity index (χ3v) is 2.17. The van der Waals surface area contributed by atoms with Crippen molar-refractivity contribution in [2.75, 3.05) is 6.61 Å². The monoisotopic (exact) mass is 227 g/mol. The lowest BCUT2D eigenvalue weighted by molar-refractivity contribution is 0.0922. The maximum Gasteiger partial charge on any atom is 0.251 e. The van der Waals surface area contributed by atoms with Crippen LogP contribution in [0.4, 0.5) is 0 Å². The minimum Gasteiger partial charge on any atom is -0.394 e. The fourth-order valence-electron chi connectivity index (χ4n) is 1.22. The third kappa shape index (κ3) is 3.53. The second-order valence-electron chi connectivity index (χ2n) is 3.57. The zero-order chi connectivity index (χ0) is 11.4.